The average molecular weight is 395 g/mol. The van der Waals surface area contributed by atoms with Crippen LogP contribution < -0.4 is 15.5 Å². The zero-order valence-electron chi connectivity index (χ0n) is 17.4. The van der Waals surface area contributed by atoms with Crippen molar-refractivity contribution in [2.75, 3.05) is 42.9 Å². The first-order chi connectivity index (χ1) is 14.0. The number of benzene rings is 2. The molecule has 0 unspecified atom stereocenters. The topological polar surface area (TPSA) is 64.7 Å². The SMILES string of the molecule is Cc1cccc(C)c1NC(=O)CNC(=O)[C@@H](C)N1CCN(c2ccccc2)CC1. The summed E-state index contributed by atoms with van der Waals surface area (Å²) in [6.07, 6.45) is 0. The number of carbonyl (C=O) groups is 2. The highest BCUT2D eigenvalue weighted by Gasteiger charge is 2.25. The van der Waals surface area contributed by atoms with Crippen LogP contribution in [0.15, 0.2) is 48.5 Å². The number of hydrogen-bond donors (Lipinski definition) is 2. The molecule has 1 aliphatic rings. The van der Waals surface area contributed by atoms with Crippen molar-refractivity contribution in [3.8, 4) is 0 Å². The standard InChI is InChI=1S/C23H30N4O2/c1-17-8-7-9-18(2)22(17)25-21(28)16-24-23(29)19(3)26-12-14-27(15-13-26)20-10-5-4-6-11-20/h4-11,19H,12-16H2,1-3H3,(H,24,29)(H,25,28)/t19-/m1/s1. The van der Waals surface area contributed by atoms with E-state index in [4.69, 9.17) is 0 Å². The summed E-state index contributed by atoms with van der Waals surface area (Å²) in [6.45, 7) is 9.19. The van der Waals surface area contributed by atoms with E-state index in [0.29, 0.717) is 0 Å². The van der Waals surface area contributed by atoms with E-state index in [0.717, 1.165) is 43.0 Å². The van der Waals surface area contributed by atoms with E-state index in [1.165, 1.54) is 5.69 Å². The lowest BCUT2D eigenvalue weighted by molar-refractivity contribution is -0.128. The molecule has 0 aliphatic carbocycles. The van der Waals surface area contributed by atoms with Gasteiger partial charge in [0, 0.05) is 37.6 Å². The molecule has 6 nitrogen and oxygen atoms in total. The van der Waals surface area contributed by atoms with Crippen LogP contribution in [0.3, 0.4) is 0 Å². The molecule has 0 spiro atoms. The number of anilines is 2. The molecule has 1 atom stereocenters. The van der Waals surface area contributed by atoms with Crippen LogP contribution in [0.5, 0.6) is 0 Å². The highest BCUT2D eigenvalue weighted by Crippen LogP contribution is 2.19. The van der Waals surface area contributed by atoms with Crippen molar-refractivity contribution in [3.05, 3.63) is 59.7 Å². The number of nitrogens with one attached hydrogen (secondary N) is 2. The Kier molecular flexibility index (Phi) is 6.88. The minimum absolute atomic E-state index is 0.0269. The molecule has 0 radical (unpaired) electrons. The van der Waals surface area contributed by atoms with Crippen LogP contribution >= 0.6 is 0 Å². The number of amides is 2. The third-order valence-corrected chi connectivity index (χ3v) is 5.53. The van der Waals surface area contributed by atoms with Crippen molar-refractivity contribution in [3.63, 3.8) is 0 Å². The van der Waals surface area contributed by atoms with Crippen molar-refractivity contribution in [1.82, 2.24) is 10.2 Å². The molecule has 0 saturated carbocycles. The largest absolute Gasteiger partial charge is 0.369 e. The summed E-state index contributed by atoms with van der Waals surface area (Å²) < 4.78 is 0. The van der Waals surface area contributed by atoms with Crippen molar-refractivity contribution >= 4 is 23.2 Å². The Labute approximate surface area is 172 Å². The third kappa shape index (κ3) is 5.35. The van der Waals surface area contributed by atoms with Gasteiger partial charge < -0.3 is 15.5 Å². The molecule has 2 N–H and O–H groups in total. The predicted molar refractivity (Wildman–Crippen MR) is 117 cm³/mol. The van der Waals surface area contributed by atoms with Gasteiger partial charge in [-0.15, -0.1) is 0 Å². The Morgan fingerprint density at radius 1 is 0.931 bits per heavy atom. The van der Waals surface area contributed by atoms with Gasteiger partial charge in [0.25, 0.3) is 0 Å². The zero-order valence-corrected chi connectivity index (χ0v) is 17.4. The zero-order chi connectivity index (χ0) is 20.8. The molecule has 1 aliphatic heterocycles. The maximum absolute atomic E-state index is 12.5. The van der Waals surface area contributed by atoms with E-state index in [-0.39, 0.29) is 24.4 Å². The normalized spacial score (nSPS) is 15.6. The van der Waals surface area contributed by atoms with Crippen LogP contribution in [0.25, 0.3) is 0 Å². The summed E-state index contributed by atoms with van der Waals surface area (Å²) in [4.78, 5) is 29.3. The van der Waals surface area contributed by atoms with Gasteiger partial charge in [-0.3, -0.25) is 14.5 Å². The van der Waals surface area contributed by atoms with Crippen molar-refractivity contribution in [1.29, 1.82) is 0 Å². The van der Waals surface area contributed by atoms with Crippen LogP contribution in [-0.4, -0.2) is 55.5 Å². The number of hydrogen-bond acceptors (Lipinski definition) is 4. The van der Waals surface area contributed by atoms with Crippen LogP contribution in [-0.2, 0) is 9.59 Å². The number of carbonyl (C=O) groups excluding carboxylic acids is 2. The van der Waals surface area contributed by atoms with Gasteiger partial charge in [0.2, 0.25) is 11.8 Å². The highest BCUT2D eigenvalue weighted by atomic mass is 16.2. The van der Waals surface area contributed by atoms with Gasteiger partial charge in [-0.1, -0.05) is 36.4 Å². The molecule has 2 aromatic rings. The molecule has 2 aromatic carbocycles. The number of nitrogens with zero attached hydrogens (tertiary/aromatic N) is 2. The van der Waals surface area contributed by atoms with E-state index >= 15 is 0 Å². The third-order valence-electron chi connectivity index (χ3n) is 5.53. The smallest absolute Gasteiger partial charge is 0.243 e. The molecule has 1 heterocycles. The van der Waals surface area contributed by atoms with Gasteiger partial charge in [-0.2, -0.15) is 0 Å². The second kappa shape index (κ2) is 9.56. The Hall–Kier alpha value is -2.86. The molecule has 1 fully saturated rings. The monoisotopic (exact) mass is 394 g/mol. The van der Waals surface area contributed by atoms with Crippen LogP contribution in [0, 0.1) is 13.8 Å². The fourth-order valence-electron chi connectivity index (χ4n) is 3.68. The van der Waals surface area contributed by atoms with Crippen molar-refractivity contribution < 1.29 is 9.59 Å². The summed E-state index contributed by atoms with van der Waals surface area (Å²) in [7, 11) is 0. The quantitative estimate of drug-likeness (QED) is 0.790. The Balaban J connectivity index is 1.45. The van der Waals surface area contributed by atoms with Gasteiger partial charge in [-0.25, -0.2) is 0 Å². The highest BCUT2D eigenvalue weighted by molar-refractivity contribution is 5.96. The minimum atomic E-state index is -0.263. The second-order valence-electron chi connectivity index (χ2n) is 7.57. The summed E-state index contributed by atoms with van der Waals surface area (Å²) in [5.74, 6) is -0.327. The predicted octanol–water partition coefficient (Wildman–Crippen LogP) is 2.57. The first kappa shape index (κ1) is 20.9. The molecular formula is C23H30N4O2. The fourth-order valence-corrected chi connectivity index (χ4v) is 3.68. The molecule has 1 saturated heterocycles. The van der Waals surface area contributed by atoms with Crippen molar-refractivity contribution in [2.24, 2.45) is 0 Å². The van der Waals surface area contributed by atoms with Gasteiger partial charge in [0.05, 0.1) is 12.6 Å². The van der Waals surface area contributed by atoms with Gasteiger partial charge in [0.15, 0.2) is 0 Å². The molecule has 0 bridgehead atoms. The molecule has 29 heavy (non-hydrogen) atoms. The minimum Gasteiger partial charge on any atom is -0.369 e. The average Bonchev–Trinajstić information content (AvgIpc) is 2.75. The molecular weight excluding hydrogens is 364 g/mol. The molecule has 2 amide bonds. The number of rotatable bonds is 6. The molecule has 0 aromatic heterocycles. The Morgan fingerprint density at radius 2 is 1.55 bits per heavy atom. The fraction of sp³-hybridized carbons (Fsp3) is 0.391. The summed E-state index contributed by atoms with van der Waals surface area (Å²) >= 11 is 0. The lowest BCUT2D eigenvalue weighted by Gasteiger charge is -2.38. The lowest BCUT2D eigenvalue weighted by Crippen LogP contribution is -2.54. The summed E-state index contributed by atoms with van der Waals surface area (Å²) in [6, 6.07) is 15.9. The van der Waals surface area contributed by atoms with Gasteiger partial charge in [-0.05, 0) is 44.0 Å². The lowest BCUT2D eigenvalue weighted by atomic mass is 10.1. The number of aryl methyl sites for hydroxylation is 2. The van der Waals surface area contributed by atoms with Crippen LogP contribution in [0.4, 0.5) is 11.4 Å². The molecule has 6 heteroatoms. The van der Waals surface area contributed by atoms with Crippen LogP contribution in [0.1, 0.15) is 18.1 Å². The van der Waals surface area contributed by atoms with E-state index in [2.05, 4.69) is 32.6 Å². The van der Waals surface area contributed by atoms with E-state index in [9.17, 15) is 9.59 Å². The number of piperazine rings is 1. The molecule has 154 valence electrons. The van der Waals surface area contributed by atoms with E-state index in [1.54, 1.807) is 0 Å². The summed E-state index contributed by atoms with van der Waals surface area (Å²) in [5.41, 5.74) is 4.05. The molecule has 3 rings (SSSR count). The van der Waals surface area contributed by atoms with Gasteiger partial charge >= 0.3 is 0 Å². The number of para-hydroxylation sites is 2. The van der Waals surface area contributed by atoms with Crippen LogP contribution in [0.2, 0.25) is 0 Å². The van der Waals surface area contributed by atoms with E-state index in [1.807, 2.05) is 57.2 Å². The first-order valence-electron chi connectivity index (χ1n) is 10.1. The Morgan fingerprint density at radius 3 is 2.17 bits per heavy atom. The second-order valence-corrected chi connectivity index (χ2v) is 7.57. The van der Waals surface area contributed by atoms with E-state index < -0.39 is 0 Å². The first-order valence-corrected chi connectivity index (χ1v) is 10.1. The Bertz CT molecular complexity index is 825. The van der Waals surface area contributed by atoms with Crippen molar-refractivity contribution in [2.45, 2.75) is 26.8 Å². The maximum Gasteiger partial charge on any atom is 0.243 e. The summed E-state index contributed by atoms with van der Waals surface area (Å²) in [5, 5.41) is 5.68. The maximum atomic E-state index is 12.5. The van der Waals surface area contributed by atoms with Gasteiger partial charge in [0.1, 0.15) is 0 Å².